The summed E-state index contributed by atoms with van der Waals surface area (Å²) in [6.07, 6.45) is 5.17. The van der Waals surface area contributed by atoms with Crippen molar-refractivity contribution in [2.24, 2.45) is 11.7 Å². The largest absolute Gasteiger partial charge is 0.368 e. The van der Waals surface area contributed by atoms with Crippen molar-refractivity contribution in [3.05, 3.63) is 54.1 Å². The summed E-state index contributed by atoms with van der Waals surface area (Å²) in [5, 5.41) is 4.50. The van der Waals surface area contributed by atoms with E-state index in [1.807, 2.05) is 48.5 Å². The Balaban J connectivity index is 1.77. The van der Waals surface area contributed by atoms with Crippen molar-refractivity contribution in [2.75, 3.05) is 0 Å². The first-order chi connectivity index (χ1) is 13.1. The molecule has 1 saturated carbocycles. The van der Waals surface area contributed by atoms with Crippen molar-refractivity contribution in [1.82, 2.24) is 10.3 Å². The maximum Gasteiger partial charge on any atom is 0.253 e. The molecule has 0 saturated heterocycles. The molecule has 1 fully saturated rings. The van der Waals surface area contributed by atoms with Crippen LogP contribution in [0.2, 0.25) is 0 Å². The average Bonchev–Trinajstić information content (AvgIpc) is 2.70. The third kappa shape index (κ3) is 3.37. The van der Waals surface area contributed by atoms with Gasteiger partial charge in [-0.25, -0.2) is 4.98 Å². The maximum absolute atomic E-state index is 13.3. The van der Waals surface area contributed by atoms with Gasteiger partial charge in [0, 0.05) is 10.8 Å². The number of rotatable bonds is 4. The van der Waals surface area contributed by atoms with Crippen molar-refractivity contribution in [3.63, 3.8) is 0 Å². The molecular weight excluding hydrogens is 338 g/mol. The zero-order chi connectivity index (χ0) is 18.8. The number of carbonyl (C=O) groups excluding carboxylic acids is 2. The number of aromatic nitrogens is 1. The van der Waals surface area contributed by atoms with Crippen LogP contribution in [0, 0.1) is 5.92 Å². The fourth-order valence-electron chi connectivity index (χ4n) is 4.19. The molecule has 0 radical (unpaired) electrons. The van der Waals surface area contributed by atoms with Gasteiger partial charge < -0.3 is 11.1 Å². The normalized spacial score (nSPS) is 16.3. The summed E-state index contributed by atoms with van der Waals surface area (Å²) in [6, 6.07) is 14.5. The number of nitrogens with two attached hydrogens (primary N) is 1. The molecule has 1 aliphatic carbocycles. The van der Waals surface area contributed by atoms with Gasteiger partial charge in [0.15, 0.2) is 0 Å². The standard InChI is InChI=1S/C22H23N3O2/c23-21(26)20(14-8-2-1-3-9-14)25-22(27)19-15-10-4-6-12-17(15)24-18-13-7-5-11-16(18)19/h4-7,10-14,20H,1-3,8-9H2,(H2,23,26)(H,25,27)/t20-/m0/s1. The molecule has 138 valence electrons. The van der Waals surface area contributed by atoms with E-state index in [1.54, 1.807) is 0 Å². The van der Waals surface area contributed by atoms with Crippen LogP contribution in [-0.2, 0) is 4.79 Å². The van der Waals surface area contributed by atoms with Gasteiger partial charge in [-0.15, -0.1) is 0 Å². The summed E-state index contributed by atoms with van der Waals surface area (Å²) in [4.78, 5) is 30.0. The number of pyridine rings is 1. The smallest absolute Gasteiger partial charge is 0.253 e. The second-order valence-electron chi connectivity index (χ2n) is 7.27. The monoisotopic (exact) mass is 361 g/mol. The average molecular weight is 361 g/mol. The van der Waals surface area contributed by atoms with E-state index in [2.05, 4.69) is 10.3 Å². The summed E-state index contributed by atoms with van der Waals surface area (Å²) in [6.45, 7) is 0. The highest BCUT2D eigenvalue weighted by molar-refractivity contribution is 6.16. The molecule has 2 aromatic carbocycles. The molecule has 0 spiro atoms. The Labute approximate surface area is 158 Å². The molecule has 1 aromatic heterocycles. The zero-order valence-corrected chi connectivity index (χ0v) is 15.2. The molecule has 27 heavy (non-hydrogen) atoms. The lowest BCUT2D eigenvalue weighted by molar-refractivity contribution is -0.121. The Hall–Kier alpha value is -2.95. The molecular formula is C22H23N3O2. The lowest BCUT2D eigenvalue weighted by Gasteiger charge is -2.29. The topological polar surface area (TPSA) is 85.1 Å². The number of hydrogen-bond acceptors (Lipinski definition) is 3. The van der Waals surface area contributed by atoms with E-state index >= 15 is 0 Å². The number of amides is 2. The van der Waals surface area contributed by atoms with Gasteiger partial charge in [-0.3, -0.25) is 9.59 Å². The van der Waals surface area contributed by atoms with Gasteiger partial charge in [-0.05, 0) is 30.9 Å². The maximum atomic E-state index is 13.3. The summed E-state index contributed by atoms with van der Waals surface area (Å²) in [7, 11) is 0. The molecule has 5 heteroatoms. The highest BCUT2D eigenvalue weighted by Crippen LogP contribution is 2.29. The third-order valence-electron chi connectivity index (χ3n) is 5.53. The van der Waals surface area contributed by atoms with E-state index in [0.29, 0.717) is 5.56 Å². The van der Waals surface area contributed by atoms with Crippen LogP contribution in [-0.4, -0.2) is 22.8 Å². The number of primary amides is 1. The van der Waals surface area contributed by atoms with Crippen LogP contribution in [0.1, 0.15) is 42.5 Å². The minimum absolute atomic E-state index is 0.111. The Morgan fingerprint density at radius 1 is 0.926 bits per heavy atom. The van der Waals surface area contributed by atoms with E-state index in [4.69, 9.17) is 5.73 Å². The second kappa shape index (κ2) is 7.35. The molecule has 1 atom stereocenters. The number of nitrogens with zero attached hydrogens (tertiary/aromatic N) is 1. The first-order valence-corrected chi connectivity index (χ1v) is 9.53. The molecule has 2 amide bonds. The van der Waals surface area contributed by atoms with Gasteiger partial charge >= 0.3 is 0 Å². The Morgan fingerprint density at radius 2 is 1.48 bits per heavy atom. The van der Waals surface area contributed by atoms with E-state index in [1.165, 1.54) is 6.42 Å². The minimum Gasteiger partial charge on any atom is -0.368 e. The number of para-hydroxylation sites is 2. The quantitative estimate of drug-likeness (QED) is 0.697. The van der Waals surface area contributed by atoms with E-state index in [0.717, 1.165) is 47.5 Å². The number of nitrogens with one attached hydrogen (secondary N) is 1. The highest BCUT2D eigenvalue weighted by Gasteiger charge is 2.30. The van der Waals surface area contributed by atoms with Crippen molar-refractivity contribution in [1.29, 1.82) is 0 Å². The summed E-state index contributed by atoms with van der Waals surface area (Å²) in [5.41, 5.74) is 7.73. The van der Waals surface area contributed by atoms with Crippen molar-refractivity contribution < 1.29 is 9.59 Å². The van der Waals surface area contributed by atoms with E-state index in [9.17, 15) is 9.59 Å². The molecule has 5 nitrogen and oxygen atoms in total. The predicted molar refractivity (Wildman–Crippen MR) is 106 cm³/mol. The molecule has 3 N–H and O–H groups in total. The van der Waals surface area contributed by atoms with Crippen molar-refractivity contribution in [3.8, 4) is 0 Å². The molecule has 4 rings (SSSR count). The fraction of sp³-hybridized carbons (Fsp3) is 0.318. The van der Waals surface area contributed by atoms with Gasteiger partial charge in [-0.1, -0.05) is 55.7 Å². The van der Waals surface area contributed by atoms with Gasteiger partial charge in [0.25, 0.3) is 5.91 Å². The zero-order valence-electron chi connectivity index (χ0n) is 15.2. The summed E-state index contributed by atoms with van der Waals surface area (Å²) in [5.74, 6) is -0.614. The number of benzene rings is 2. The van der Waals surface area contributed by atoms with Gasteiger partial charge in [0.2, 0.25) is 5.91 Å². The second-order valence-corrected chi connectivity index (χ2v) is 7.27. The first-order valence-electron chi connectivity index (χ1n) is 9.53. The summed E-state index contributed by atoms with van der Waals surface area (Å²) >= 11 is 0. The summed E-state index contributed by atoms with van der Waals surface area (Å²) < 4.78 is 0. The molecule has 0 unspecified atom stereocenters. The Bertz CT molecular complexity index is 955. The van der Waals surface area contributed by atoms with Crippen molar-refractivity contribution >= 4 is 33.6 Å². The Morgan fingerprint density at radius 3 is 2.04 bits per heavy atom. The van der Waals surface area contributed by atoms with Crippen LogP contribution >= 0.6 is 0 Å². The van der Waals surface area contributed by atoms with Gasteiger partial charge in [-0.2, -0.15) is 0 Å². The molecule has 0 aliphatic heterocycles. The third-order valence-corrected chi connectivity index (χ3v) is 5.53. The highest BCUT2D eigenvalue weighted by atomic mass is 16.2. The number of carbonyl (C=O) groups is 2. The van der Waals surface area contributed by atoms with Crippen LogP contribution in [0.5, 0.6) is 0 Å². The number of fused-ring (bicyclic) bond motifs is 2. The van der Waals surface area contributed by atoms with E-state index in [-0.39, 0.29) is 11.8 Å². The molecule has 3 aromatic rings. The van der Waals surface area contributed by atoms with Crippen LogP contribution in [0.15, 0.2) is 48.5 Å². The lowest BCUT2D eigenvalue weighted by atomic mass is 9.83. The first kappa shape index (κ1) is 17.5. The molecule has 1 aliphatic rings. The van der Waals surface area contributed by atoms with Crippen LogP contribution in [0.25, 0.3) is 21.8 Å². The number of hydrogen-bond donors (Lipinski definition) is 2. The minimum atomic E-state index is -0.636. The van der Waals surface area contributed by atoms with Gasteiger partial charge in [0.05, 0.1) is 16.6 Å². The Kier molecular flexibility index (Phi) is 4.75. The predicted octanol–water partition coefficient (Wildman–Crippen LogP) is 3.55. The van der Waals surface area contributed by atoms with Crippen LogP contribution in [0.3, 0.4) is 0 Å². The van der Waals surface area contributed by atoms with Gasteiger partial charge in [0.1, 0.15) is 6.04 Å². The van der Waals surface area contributed by atoms with E-state index < -0.39 is 11.9 Å². The van der Waals surface area contributed by atoms with Crippen LogP contribution < -0.4 is 11.1 Å². The van der Waals surface area contributed by atoms with Crippen LogP contribution in [0.4, 0.5) is 0 Å². The molecule has 0 bridgehead atoms. The fourth-order valence-corrected chi connectivity index (χ4v) is 4.19. The van der Waals surface area contributed by atoms with Crippen molar-refractivity contribution in [2.45, 2.75) is 38.1 Å². The lowest BCUT2D eigenvalue weighted by Crippen LogP contribution is -2.49. The SMILES string of the molecule is NC(=O)[C@@H](NC(=O)c1c2ccccc2nc2ccccc12)C1CCCCC1. The molecule has 1 heterocycles.